The quantitative estimate of drug-likeness (QED) is 0.623. The van der Waals surface area contributed by atoms with Crippen LogP contribution in [0.5, 0.6) is 0 Å². The maximum Gasteiger partial charge on any atom is 0.253 e. The van der Waals surface area contributed by atoms with Crippen LogP contribution in [-0.4, -0.2) is 37.5 Å². The largest absolute Gasteiger partial charge is 0.388 e. The highest BCUT2D eigenvalue weighted by molar-refractivity contribution is 7.85. The van der Waals surface area contributed by atoms with E-state index in [0.717, 1.165) is 0 Å². The molecule has 1 unspecified atom stereocenters. The van der Waals surface area contributed by atoms with E-state index in [0.29, 0.717) is 22.4 Å². The molecule has 3 rings (SSSR count). The van der Waals surface area contributed by atoms with Crippen LogP contribution in [0.4, 0.5) is 4.39 Å². The van der Waals surface area contributed by atoms with Gasteiger partial charge in [0.05, 0.1) is 26.8 Å². The number of nitrogens with one attached hydrogen (secondary N) is 2. The number of amides is 1. The van der Waals surface area contributed by atoms with Gasteiger partial charge in [-0.2, -0.15) is 0 Å². The minimum atomic E-state index is -1.54. The molecule has 3 aromatic rings. The first kappa shape index (κ1) is 17.2. The summed E-state index contributed by atoms with van der Waals surface area (Å²) in [7, 11) is -1.54. The summed E-state index contributed by atoms with van der Waals surface area (Å²) in [6.07, 6.45) is 0. The zero-order chi connectivity index (χ0) is 17.8. The van der Waals surface area contributed by atoms with E-state index < -0.39 is 16.6 Å². The summed E-state index contributed by atoms with van der Waals surface area (Å²) in [5.41, 5.74) is 1.45. The van der Waals surface area contributed by atoms with E-state index in [4.69, 9.17) is 5.11 Å². The number of para-hydroxylation sites is 1. The molecule has 130 valence electrons. The minimum Gasteiger partial charge on any atom is -0.388 e. The molecule has 1 heterocycles. The molecule has 1 aromatic heterocycles. The Bertz CT molecular complexity index is 942. The normalized spacial score (nSPS) is 12.2. The van der Waals surface area contributed by atoms with Gasteiger partial charge in [-0.1, -0.05) is 18.2 Å². The molecule has 3 N–H and O–H groups in total. The molecule has 25 heavy (non-hydrogen) atoms. The lowest BCUT2D eigenvalue weighted by Gasteiger charge is -2.06. The van der Waals surface area contributed by atoms with Crippen molar-refractivity contribution in [2.24, 2.45) is 0 Å². The molecule has 8 heteroatoms. The summed E-state index contributed by atoms with van der Waals surface area (Å²) in [6.45, 7) is -0.120. The Morgan fingerprint density at radius 2 is 2.04 bits per heavy atom. The van der Waals surface area contributed by atoms with Gasteiger partial charge in [0, 0.05) is 12.3 Å². The number of H-pyrrole nitrogens is 1. The van der Waals surface area contributed by atoms with Gasteiger partial charge < -0.3 is 15.4 Å². The smallest absolute Gasteiger partial charge is 0.253 e. The maximum atomic E-state index is 13.6. The highest BCUT2D eigenvalue weighted by atomic mass is 32.2. The molecular weight excluding hydrogens is 345 g/mol. The summed E-state index contributed by atoms with van der Waals surface area (Å²) >= 11 is 0. The second kappa shape index (κ2) is 7.54. The van der Waals surface area contributed by atoms with Gasteiger partial charge in [-0.15, -0.1) is 0 Å². The molecule has 6 nitrogen and oxygen atoms in total. The number of aromatic nitrogens is 2. The third-order valence-electron chi connectivity index (χ3n) is 3.61. The molecule has 0 aliphatic rings. The molecule has 0 aliphatic carbocycles. The number of carbonyl (C=O) groups excluding carboxylic acids is 1. The van der Waals surface area contributed by atoms with Gasteiger partial charge >= 0.3 is 0 Å². The van der Waals surface area contributed by atoms with Crippen molar-refractivity contribution in [3.63, 3.8) is 0 Å². The summed E-state index contributed by atoms with van der Waals surface area (Å²) in [5.74, 6) is -0.418. The van der Waals surface area contributed by atoms with Crippen LogP contribution in [0.15, 0.2) is 47.4 Å². The van der Waals surface area contributed by atoms with Crippen LogP contribution in [0.1, 0.15) is 16.2 Å². The first-order valence-corrected chi connectivity index (χ1v) is 8.91. The Labute approximate surface area is 145 Å². The number of aliphatic hydroxyl groups excluding tert-OH is 1. The number of imidazole rings is 1. The molecule has 0 fully saturated rings. The molecule has 0 spiro atoms. The molecule has 1 atom stereocenters. The summed E-state index contributed by atoms with van der Waals surface area (Å²) in [6, 6.07) is 10.9. The van der Waals surface area contributed by atoms with E-state index >= 15 is 0 Å². The average molecular weight is 361 g/mol. The number of aromatic amines is 1. The number of hydrogen-bond donors (Lipinski definition) is 3. The van der Waals surface area contributed by atoms with Gasteiger partial charge in [-0.25, -0.2) is 9.37 Å². The predicted molar refractivity (Wildman–Crippen MR) is 92.0 cm³/mol. The third-order valence-corrected chi connectivity index (χ3v) is 5.01. The summed E-state index contributed by atoms with van der Waals surface area (Å²) in [5, 5.41) is 11.8. The molecule has 0 bridgehead atoms. The zero-order valence-corrected chi connectivity index (χ0v) is 14.0. The molecule has 2 aromatic carbocycles. The minimum absolute atomic E-state index is 0.102. The fraction of sp³-hybridized carbons (Fsp3) is 0.176. The van der Waals surface area contributed by atoms with E-state index in [9.17, 15) is 13.4 Å². The van der Waals surface area contributed by atoms with Crippen molar-refractivity contribution in [1.29, 1.82) is 0 Å². The van der Waals surface area contributed by atoms with Crippen LogP contribution in [0.25, 0.3) is 11.0 Å². The van der Waals surface area contributed by atoms with E-state index in [-0.39, 0.29) is 29.7 Å². The Balaban J connectivity index is 1.66. The molecule has 0 saturated heterocycles. The van der Waals surface area contributed by atoms with E-state index in [1.165, 1.54) is 18.2 Å². The zero-order valence-electron chi connectivity index (χ0n) is 13.2. The van der Waals surface area contributed by atoms with Crippen molar-refractivity contribution in [3.8, 4) is 0 Å². The van der Waals surface area contributed by atoms with Crippen molar-refractivity contribution in [1.82, 2.24) is 15.3 Å². The molecule has 0 radical (unpaired) electrons. The van der Waals surface area contributed by atoms with Crippen LogP contribution in [0.3, 0.4) is 0 Å². The highest BCUT2D eigenvalue weighted by Gasteiger charge is 2.14. The third kappa shape index (κ3) is 3.75. The fourth-order valence-electron chi connectivity index (χ4n) is 2.43. The van der Waals surface area contributed by atoms with Crippen LogP contribution in [-0.2, 0) is 17.4 Å². The Morgan fingerprint density at radius 3 is 2.80 bits per heavy atom. The first-order chi connectivity index (χ1) is 12.1. The molecule has 0 aliphatic heterocycles. The second-order valence-electron chi connectivity index (χ2n) is 5.28. The van der Waals surface area contributed by atoms with Gasteiger partial charge in [-0.3, -0.25) is 9.00 Å². The van der Waals surface area contributed by atoms with Crippen molar-refractivity contribution in [3.05, 3.63) is 59.7 Å². The number of nitrogens with zero attached hydrogens (tertiary/aromatic N) is 1. The number of rotatable bonds is 6. The van der Waals surface area contributed by atoms with Crippen molar-refractivity contribution < 1.29 is 18.5 Å². The van der Waals surface area contributed by atoms with Crippen molar-refractivity contribution in [2.75, 3.05) is 12.3 Å². The average Bonchev–Trinajstić information content (AvgIpc) is 3.05. The SMILES string of the molecule is O=C(NCCS(=O)c1ccccc1F)c1cccc2[nH]c(CO)nc12. The topological polar surface area (TPSA) is 95.1 Å². The van der Waals surface area contributed by atoms with E-state index in [1.807, 2.05) is 0 Å². The lowest BCUT2D eigenvalue weighted by atomic mass is 10.1. The standard InChI is InChI=1S/C17H16FN3O3S/c18-12-5-1-2-7-14(12)25(24)9-8-19-17(23)11-4-3-6-13-16(11)21-15(10-22)20-13/h1-7,22H,8-10H2,(H,19,23)(H,20,21). The summed E-state index contributed by atoms with van der Waals surface area (Å²) in [4.78, 5) is 19.6. The van der Waals surface area contributed by atoms with Crippen molar-refractivity contribution in [2.45, 2.75) is 11.5 Å². The number of halogens is 1. The lowest BCUT2D eigenvalue weighted by molar-refractivity contribution is 0.0957. The summed E-state index contributed by atoms with van der Waals surface area (Å²) < 4.78 is 25.7. The van der Waals surface area contributed by atoms with Gasteiger partial charge in [-0.05, 0) is 24.3 Å². The monoisotopic (exact) mass is 361 g/mol. The number of carbonyl (C=O) groups is 1. The van der Waals surface area contributed by atoms with Gasteiger partial charge in [0.2, 0.25) is 0 Å². The number of hydrogen-bond acceptors (Lipinski definition) is 4. The second-order valence-corrected chi connectivity index (χ2v) is 6.82. The van der Waals surface area contributed by atoms with Gasteiger partial charge in [0.25, 0.3) is 5.91 Å². The molecule has 0 saturated carbocycles. The van der Waals surface area contributed by atoms with Gasteiger partial charge in [0.1, 0.15) is 23.8 Å². The Morgan fingerprint density at radius 1 is 1.24 bits per heavy atom. The van der Waals surface area contributed by atoms with E-state index in [2.05, 4.69) is 15.3 Å². The van der Waals surface area contributed by atoms with Crippen molar-refractivity contribution >= 4 is 27.7 Å². The maximum absolute atomic E-state index is 13.6. The van der Waals surface area contributed by atoms with Crippen LogP contribution in [0, 0.1) is 5.82 Å². The lowest BCUT2D eigenvalue weighted by Crippen LogP contribution is -2.28. The Kier molecular flexibility index (Phi) is 5.20. The van der Waals surface area contributed by atoms with Crippen LogP contribution in [0.2, 0.25) is 0 Å². The molecular formula is C17H16FN3O3S. The first-order valence-electron chi connectivity index (χ1n) is 7.59. The number of aliphatic hydroxyl groups is 1. The number of benzene rings is 2. The molecule has 1 amide bonds. The van der Waals surface area contributed by atoms with E-state index in [1.54, 1.807) is 24.3 Å². The van der Waals surface area contributed by atoms with Gasteiger partial charge in [0.15, 0.2) is 0 Å². The fourth-order valence-corrected chi connectivity index (χ4v) is 3.46. The predicted octanol–water partition coefficient (Wildman–Crippen LogP) is 1.73. The van der Waals surface area contributed by atoms with Crippen LogP contribution < -0.4 is 5.32 Å². The highest BCUT2D eigenvalue weighted by Crippen LogP contribution is 2.17. The number of fused-ring (bicyclic) bond motifs is 1. The Hall–Kier alpha value is -2.58. The van der Waals surface area contributed by atoms with Crippen LogP contribution >= 0.6 is 0 Å².